The summed E-state index contributed by atoms with van der Waals surface area (Å²) in [6.07, 6.45) is 3.46. The highest BCUT2D eigenvalue weighted by molar-refractivity contribution is 6.19. The molecule has 9 nitrogen and oxygen atoms in total. The predicted molar refractivity (Wildman–Crippen MR) is 144 cm³/mol. The van der Waals surface area contributed by atoms with Gasteiger partial charge in [0.05, 0.1) is 18.9 Å². The summed E-state index contributed by atoms with van der Waals surface area (Å²) in [5, 5.41) is 14.4. The quantitative estimate of drug-likeness (QED) is 0.168. The van der Waals surface area contributed by atoms with E-state index in [0.717, 1.165) is 10.6 Å². The van der Waals surface area contributed by atoms with Crippen molar-refractivity contribution in [1.82, 2.24) is 14.7 Å². The number of hydrogen-bond acceptors (Lipinski definition) is 7. The van der Waals surface area contributed by atoms with E-state index in [1.165, 1.54) is 26.0 Å². The molecule has 1 aliphatic rings. The minimum Gasteiger partial charge on any atom is -0.491 e. The van der Waals surface area contributed by atoms with Gasteiger partial charge in [-0.25, -0.2) is 9.07 Å². The Labute approximate surface area is 230 Å². The minimum absolute atomic E-state index is 0.0212. The lowest BCUT2D eigenvalue weighted by atomic mass is 9.93. The molecule has 0 N–H and O–H groups in total. The molecule has 4 rings (SSSR count). The second-order valence-corrected chi connectivity index (χ2v) is 8.92. The average Bonchev–Trinajstić information content (AvgIpc) is 3.36. The first-order valence-corrected chi connectivity index (χ1v) is 12.7. The number of imide groups is 1. The van der Waals surface area contributed by atoms with E-state index in [4.69, 9.17) is 9.47 Å². The Balaban J connectivity index is 1.81. The third-order valence-electron chi connectivity index (χ3n) is 6.23. The van der Waals surface area contributed by atoms with E-state index in [1.807, 2.05) is 36.4 Å². The van der Waals surface area contributed by atoms with Crippen LogP contribution in [0.1, 0.15) is 32.8 Å². The summed E-state index contributed by atoms with van der Waals surface area (Å²) in [5.41, 5.74) is 2.23. The lowest BCUT2D eigenvalue weighted by molar-refractivity contribution is -0.141. The first-order valence-electron chi connectivity index (χ1n) is 12.7. The smallest absolute Gasteiger partial charge is 0.302 e. The van der Waals surface area contributed by atoms with Crippen molar-refractivity contribution in [2.45, 2.75) is 27.2 Å². The fraction of sp³-hybridized carbons (Fsp3) is 0.233. The van der Waals surface area contributed by atoms with Crippen LogP contribution in [-0.4, -0.2) is 52.2 Å². The Morgan fingerprint density at radius 3 is 2.55 bits per heavy atom. The Kier molecular flexibility index (Phi) is 8.54. The van der Waals surface area contributed by atoms with Gasteiger partial charge in [0.2, 0.25) is 0 Å². The number of rotatable bonds is 9. The molecule has 204 valence electrons. The highest BCUT2D eigenvalue weighted by Crippen LogP contribution is 2.32. The number of halogens is 1. The summed E-state index contributed by atoms with van der Waals surface area (Å²) < 4.78 is 26.6. The van der Waals surface area contributed by atoms with Gasteiger partial charge in [0, 0.05) is 36.4 Å². The van der Waals surface area contributed by atoms with E-state index >= 15 is 0 Å². The van der Waals surface area contributed by atoms with E-state index in [-0.39, 0.29) is 42.0 Å². The molecule has 0 spiro atoms. The van der Waals surface area contributed by atoms with Crippen molar-refractivity contribution in [3.05, 3.63) is 82.8 Å². The van der Waals surface area contributed by atoms with Crippen molar-refractivity contribution in [2.24, 2.45) is 0 Å². The molecular formula is C30H27FN4O5. The van der Waals surface area contributed by atoms with Gasteiger partial charge in [-0.3, -0.25) is 19.3 Å². The number of nitrogens with zero attached hydrogens (tertiary/aromatic N) is 4. The fourth-order valence-corrected chi connectivity index (χ4v) is 4.28. The Hall–Kier alpha value is -5.04. The summed E-state index contributed by atoms with van der Waals surface area (Å²) in [6.45, 7) is 4.85. The molecule has 0 fully saturated rings. The first kappa shape index (κ1) is 28.0. The van der Waals surface area contributed by atoms with Gasteiger partial charge >= 0.3 is 5.97 Å². The zero-order valence-electron chi connectivity index (χ0n) is 22.3. The van der Waals surface area contributed by atoms with Crippen LogP contribution in [0.25, 0.3) is 23.0 Å². The second-order valence-electron chi connectivity index (χ2n) is 8.92. The normalized spacial score (nSPS) is 14.5. The van der Waals surface area contributed by atoms with Crippen LogP contribution >= 0.6 is 0 Å². The highest BCUT2D eigenvalue weighted by Gasteiger charge is 2.35. The molecule has 0 atom stereocenters. The number of benzene rings is 2. The molecule has 0 saturated carbocycles. The van der Waals surface area contributed by atoms with E-state index in [0.29, 0.717) is 23.4 Å². The third kappa shape index (κ3) is 5.83. The van der Waals surface area contributed by atoms with Crippen molar-refractivity contribution < 1.29 is 28.2 Å². The number of carbonyl (C=O) groups excluding carboxylic acids is 3. The van der Waals surface area contributed by atoms with Crippen molar-refractivity contribution in [1.29, 1.82) is 5.26 Å². The van der Waals surface area contributed by atoms with Gasteiger partial charge in [0.1, 0.15) is 17.3 Å². The Morgan fingerprint density at radius 2 is 1.90 bits per heavy atom. The van der Waals surface area contributed by atoms with Crippen LogP contribution in [0.5, 0.6) is 5.75 Å². The molecule has 0 saturated heterocycles. The SMILES string of the molecule is CCOc1ccc(-c2nn(-c3ccccc3)cc2/C=C2/C(=O)N(CCCOC(C)=O)C(=O)C(C#N)=C2C)cc1F. The number of aromatic nitrogens is 2. The molecule has 2 amide bonds. The largest absolute Gasteiger partial charge is 0.491 e. The number of amides is 2. The summed E-state index contributed by atoms with van der Waals surface area (Å²) in [6, 6.07) is 15.7. The Morgan fingerprint density at radius 1 is 1.15 bits per heavy atom. The van der Waals surface area contributed by atoms with E-state index < -0.39 is 23.6 Å². The van der Waals surface area contributed by atoms with E-state index in [9.17, 15) is 24.0 Å². The molecule has 2 heterocycles. The zero-order valence-corrected chi connectivity index (χ0v) is 22.3. The minimum atomic E-state index is -0.709. The molecule has 0 aliphatic carbocycles. The molecule has 1 aromatic heterocycles. The molecule has 0 radical (unpaired) electrons. The molecule has 1 aliphatic heterocycles. The lowest BCUT2D eigenvalue weighted by Crippen LogP contribution is -2.43. The van der Waals surface area contributed by atoms with E-state index in [2.05, 4.69) is 5.10 Å². The van der Waals surface area contributed by atoms with Gasteiger partial charge in [-0.1, -0.05) is 18.2 Å². The van der Waals surface area contributed by atoms with Gasteiger partial charge < -0.3 is 9.47 Å². The monoisotopic (exact) mass is 542 g/mol. The summed E-state index contributed by atoms with van der Waals surface area (Å²) in [5.74, 6) is -2.23. The predicted octanol–water partition coefficient (Wildman–Crippen LogP) is 4.62. The first-order chi connectivity index (χ1) is 19.2. The number of hydrogen-bond donors (Lipinski definition) is 0. The van der Waals surface area contributed by atoms with Crippen molar-refractivity contribution in [2.75, 3.05) is 19.8 Å². The van der Waals surface area contributed by atoms with E-state index in [1.54, 1.807) is 29.9 Å². The second kappa shape index (κ2) is 12.2. The summed E-state index contributed by atoms with van der Waals surface area (Å²) in [4.78, 5) is 38.5. The van der Waals surface area contributed by atoms with Crippen LogP contribution in [0, 0.1) is 17.1 Å². The average molecular weight is 543 g/mol. The van der Waals surface area contributed by atoms with Gasteiger partial charge in [-0.2, -0.15) is 10.4 Å². The van der Waals surface area contributed by atoms with Gasteiger partial charge in [0.15, 0.2) is 11.6 Å². The maximum atomic E-state index is 14.8. The fourth-order valence-electron chi connectivity index (χ4n) is 4.28. The van der Waals surface area contributed by atoms with Crippen LogP contribution in [0.15, 0.2) is 71.4 Å². The van der Waals surface area contributed by atoms with Crippen molar-refractivity contribution >= 4 is 23.9 Å². The number of nitriles is 1. The molecule has 0 bridgehead atoms. The zero-order chi connectivity index (χ0) is 28.8. The molecule has 10 heteroatoms. The van der Waals surface area contributed by atoms with Crippen LogP contribution in [0.2, 0.25) is 0 Å². The van der Waals surface area contributed by atoms with Gasteiger partial charge in [0.25, 0.3) is 11.8 Å². The number of esters is 1. The molecular weight excluding hydrogens is 515 g/mol. The number of ether oxygens (including phenoxy) is 2. The summed E-state index contributed by atoms with van der Waals surface area (Å²) in [7, 11) is 0. The molecule has 0 unspecified atom stereocenters. The van der Waals surface area contributed by atoms with Crippen LogP contribution in [0.3, 0.4) is 0 Å². The third-order valence-corrected chi connectivity index (χ3v) is 6.23. The van der Waals surface area contributed by atoms with Gasteiger partial charge in [-0.15, -0.1) is 0 Å². The summed E-state index contributed by atoms with van der Waals surface area (Å²) >= 11 is 0. The molecule has 2 aromatic carbocycles. The molecule has 40 heavy (non-hydrogen) atoms. The van der Waals surface area contributed by atoms with Crippen LogP contribution in [-0.2, 0) is 19.1 Å². The van der Waals surface area contributed by atoms with Crippen LogP contribution < -0.4 is 4.74 Å². The maximum absolute atomic E-state index is 14.8. The highest BCUT2D eigenvalue weighted by atomic mass is 19.1. The maximum Gasteiger partial charge on any atom is 0.302 e. The van der Waals surface area contributed by atoms with Gasteiger partial charge in [-0.05, 0) is 62.2 Å². The lowest BCUT2D eigenvalue weighted by Gasteiger charge is -2.27. The topological polar surface area (TPSA) is 115 Å². The van der Waals surface area contributed by atoms with Crippen molar-refractivity contribution in [3.8, 4) is 28.8 Å². The Bertz CT molecular complexity index is 1570. The van der Waals surface area contributed by atoms with Crippen molar-refractivity contribution in [3.63, 3.8) is 0 Å². The standard InChI is InChI=1S/C30H27FN4O5/c1-4-39-27-12-11-21(16-26(27)31)28-22(18-35(33-28)23-9-6-5-7-10-23)15-24-19(2)25(17-32)30(38)34(29(24)37)13-8-14-40-20(3)36/h5-7,9-12,15-16,18H,4,8,13-14H2,1-3H3/b24-15+. The number of para-hydroxylation sites is 1. The molecule has 3 aromatic rings. The van der Waals surface area contributed by atoms with Crippen LogP contribution in [0.4, 0.5) is 4.39 Å². The number of carbonyl (C=O) groups is 3.